The average molecular weight is 482 g/mol. The van der Waals surface area contributed by atoms with Gasteiger partial charge in [-0.05, 0) is 59.9 Å². The van der Waals surface area contributed by atoms with Crippen LogP contribution in [0.2, 0.25) is 0 Å². The van der Waals surface area contributed by atoms with Crippen LogP contribution in [0.15, 0.2) is 40.9 Å². The molecule has 0 fully saturated rings. The van der Waals surface area contributed by atoms with Crippen molar-refractivity contribution in [2.75, 3.05) is 0 Å². The molecule has 1 N–H and O–H groups in total. The lowest BCUT2D eigenvalue weighted by molar-refractivity contribution is -0.143. The van der Waals surface area contributed by atoms with Gasteiger partial charge in [0.1, 0.15) is 6.61 Å². The predicted molar refractivity (Wildman–Crippen MR) is 95.0 cm³/mol. The molecule has 2 aromatic carbocycles. The van der Waals surface area contributed by atoms with Crippen molar-refractivity contribution in [1.29, 1.82) is 0 Å². The normalized spacial score (nSPS) is 16.4. The average Bonchev–Trinajstić information content (AvgIpc) is 3.00. The predicted octanol–water partition coefficient (Wildman–Crippen LogP) is 6.40. The summed E-state index contributed by atoms with van der Waals surface area (Å²) in [6, 6.07) is 6.32. The molecule has 29 heavy (non-hydrogen) atoms. The number of alkyl halides is 6. The highest BCUT2D eigenvalue weighted by atomic mass is 79.9. The third-order valence-corrected chi connectivity index (χ3v) is 4.99. The number of amides is 1. The monoisotopic (exact) mass is 481 g/mol. The summed E-state index contributed by atoms with van der Waals surface area (Å²) in [6.07, 6.45) is -9.50. The van der Waals surface area contributed by atoms with Crippen LogP contribution in [-0.2, 0) is 30.1 Å². The Labute approximate surface area is 170 Å². The molecule has 1 amide bonds. The lowest BCUT2D eigenvalue weighted by Crippen LogP contribution is -2.27. The van der Waals surface area contributed by atoms with Crippen molar-refractivity contribution in [3.63, 3.8) is 0 Å². The quantitative estimate of drug-likeness (QED) is 0.515. The summed E-state index contributed by atoms with van der Waals surface area (Å²) >= 11 is 3.35. The summed E-state index contributed by atoms with van der Waals surface area (Å²) in [4.78, 5) is 12.0. The minimum Gasteiger partial charge on any atom is -0.445 e. The van der Waals surface area contributed by atoms with E-state index in [9.17, 15) is 31.1 Å². The molecular weight excluding hydrogens is 468 g/mol. The zero-order chi connectivity index (χ0) is 21.4. The first kappa shape index (κ1) is 21.5. The van der Waals surface area contributed by atoms with Gasteiger partial charge in [-0.3, -0.25) is 0 Å². The van der Waals surface area contributed by atoms with E-state index in [-0.39, 0.29) is 12.1 Å². The molecule has 0 aromatic heterocycles. The topological polar surface area (TPSA) is 38.3 Å². The number of alkyl carbamates (subject to hydrolysis) is 1. The molecule has 1 aliphatic rings. The van der Waals surface area contributed by atoms with Gasteiger partial charge in [0.15, 0.2) is 0 Å². The van der Waals surface area contributed by atoms with Gasteiger partial charge in [-0.25, -0.2) is 4.79 Å². The molecule has 3 rings (SSSR count). The van der Waals surface area contributed by atoms with Crippen molar-refractivity contribution >= 4 is 22.0 Å². The standard InChI is InChI=1S/C19H14BrF6NO2/c20-14-2-3-15-11(7-14)1-4-16(15)27-17(28)29-9-10-5-12(18(21,22)23)8-13(6-10)19(24,25)26/h2-3,5-8,16H,1,4,9H2,(H,27,28). The number of benzene rings is 2. The molecule has 0 saturated carbocycles. The maximum Gasteiger partial charge on any atom is 0.416 e. The number of hydrogen-bond acceptors (Lipinski definition) is 2. The van der Waals surface area contributed by atoms with Crippen LogP contribution in [0.5, 0.6) is 0 Å². The molecule has 0 aliphatic heterocycles. The molecule has 1 atom stereocenters. The van der Waals surface area contributed by atoms with Crippen LogP contribution >= 0.6 is 15.9 Å². The lowest BCUT2D eigenvalue weighted by atomic mass is 10.1. The van der Waals surface area contributed by atoms with Gasteiger partial charge in [0, 0.05) is 4.47 Å². The molecule has 0 heterocycles. The number of aryl methyl sites for hydroxylation is 1. The first-order valence-electron chi connectivity index (χ1n) is 8.43. The number of hydrogen-bond donors (Lipinski definition) is 1. The van der Waals surface area contributed by atoms with Gasteiger partial charge < -0.3 is 10.1 Å². The van der Waals surface area contributed by atoms with Gasteiger partial charge in [-0.15, -0.1) is 0 Å². The van der Waals surface area contributed by atoms with Crippen molar-refractivity contribution in [3.8, 4) is 0 Å². The van der Waals surface area contributed by atoms with E-state index >= 15 is 0 Å². The van der Waals surface area contributed by atoms with Crippen LogP contribution in [-0.4, -0.2) is 6.09 Å². The molecule has 0 radical (unpaired) electrons. The summed E-state index contributed by atoms with van der Waals surface area (Å²) in [6.45, 7) is -0.723. The minimum absolute atomic E-state index is 0.0250. The third kappa shape index (κ3) is 5.23. The number of rotatable bonds is 3. The summed E-state index contributed by atoms with van der Waals surface area (Å²) < 4.78 is 83.1. The highest BCUT2D eigenvalue weighted by molar-refractivity contribution is 9.10. The minimum atomic E-state index is -4.96. The van der Waals surface area contributed by atoms with E-state index in [1.165, 1.54) is 0 Å². The molecule has 1 aliphatic carbocycles. The van der Waals surface area contributed by atoms with Crippen molar-refractivity contribution < 1.29 is 35.9 Å². The van der Waals surface area contributed by atoms with E-state index in [1.807, 2.05) is 18.2 Å². The first-order valence-corrected chi connectivity index (χ1v) is 9.23. The van der Waals surface area contributed by atoms with E-state index in [1.54, 1.807) is 0 Å². The summed E-state index contributed by atoms with van der Waals surface area (Å²) in [7, 11) is 0. The Bertz CT molecular complexity index is 894. The Morgan fingerprint density at radius 3 is 2.24 bits per heavy atom. The number of nitrogens with one attached hydrogen (secondary N) is 1. The highest BCUT2D eigenvalue weighted by Gasteiger charge is 2.37. The Morgan fingerprint density at radius 1 is 1.03 bits per heavy atom. The van der Waals surface area contributed by atoms with Gasteiger partial charge in [-0.1, -0.05) is 22.0 Å². The maximum absolute atomic E-state index is 12.9. The van der Waals surface area contributed by atoms with Crippen LogP contribution in [0.1, 0.15) is 40.3 Å². The second kappa shape index (κ2) is 7.89. The summed E-state index contributed by atoms with van der Waals surface area (Å²) in [5.41, 5.74) is -1.39. The summed E-state index contributed by atoms with van der Waals surface area (Å²) in [5, 5.41) is 2.59. The molecule has 2 aromatic rings. The first-order chi connectivity index (χ1) is 13.4. The van der Waals surface area contributed by atoms with Crippen LogP contribution in [0, 0.1) is 0 Å². The summed E-state index contributed by atoms with van der Waals surface area (Å²) in [5.74, 6) is 0. The molecule has 0 spiro atoms. The second-order valence-electron chi connectivity index (χ2n) is 6.57. The van der Waals surface area contributed by atoms with E-state index in [4.69, 9.17) is 4.74 Å². The number of carbonyl (C=O) groups is 1. The fourth-order valence-corrected chi connectivity index (χ4v) is 3.58. The Morgan fingerprint density at radius 2 is 1.66 bits per heavy atom. The fraction of sp³-hybridized carbons (Fsp3) is 0.316. The number of carbonyl (C=O) groups excluding carboxylic acids is 1. The number of fused-ring (bicyclic) bond motifs is 1. The van der Waals surface area contributed by atoms with Crippen LogP contribution in [0.3, 0.4) is 0 Å². The van der Waals surface area contributed by atoms with Gasteiger partial charge >= 0.3 is 18.4 Å². The molecule has 1 unspecified atom stereocenters. The van der Waals surface area contributed by atoms with Gasteiger partial charge in [-0.2, -0.15) is 26.3 Å². The van der Waals surface area contributed by atoms with E-state index in [0.29, 0.717) is 18.6 Å². The van der Waals surface area contributed by atoms with Crippen LogP contribution in [0.4, 0.5) is 31.1 Å². The fourth-order valence-electron chi connectivity index (χ4n) is 3.17. The third-order valence-electron chi connectivity index (χ3n) is 4.49. The Balaban J connectivity index is 1.69. The van der Waals surface area contributed by atoms with Gasteiger partial charge in [0.2, 0.25) is 0 Å². The largest absolute Gasteiger partial charge is 0.445 e. The van der Waals surface area contributed by atoms with Crippen molar-refractivity contribution in [1.82, 2.24) is 5.32 Å². The van der Waals surface area contributed by atoms with Crippen molar-refractivity contribution in [2.24, 2.45) is 0 Å². The molecule has 156 valence electrons. The zero-order valence-corrected chi connectivity index (χ0v) is 16.2. The molecule has 0 saturated heterocycles. The van der Waals surface area contributed by atoms with E-state index < -0.39 is 41.7 Å². The molecule has 3 nitrogen and oxygen atoms in total. The van der Waals surface area contributed by atoms with Crippen LogP contribution < -0.4 is 5.32 Å². The van der Waals surface area contributed by atoms with E-state index in [2.05, 4.69) is 21.2 Å². The highest BCUT2D eigenvalue weighted by Crippen LogP contribution is 2.37. The van der Waals surface area contributed by atoms with Crippen molar-refractivity contribution in [2.45, 2.75) is 37.8 Å². The zero-order valence-electron chi connectivity index (χ0n) is 14.6. The number of halogens is 7. The lowest BCUT2D eigenvalue weighted by Gasteiger charge is -2.16. The molecule has 10 heteroatoms. The smallest absolute Gasteiger partial charge is 0.416 e. The van der Waals surface area contributed by atoms with Gasteiger partial charge in [0.25, 0.3) is 0 Å². The van der Waals surface area contributed by atoms with Crippen molar-refractivity contribution in [3.05, 3.63) is 68.7 Å². The molecular formula is C19H14BrF6NO2. The maximum atomic E-state index is 12.9. The van der Waals surface area contributed by atoms with Gasteiger partial charge in [0.05, 0.1) is 17.2 Å². The second-order valence-corrected chi connectivity index (χ2v) is 7.48. The SMILES string of the molecule is O=C(NC1CCc2cc(Br)ccc21)OCc1cc(C(F)(F)F)cc(C(F)(F)F)c1. The Hall–Kier alpha value is -2.23. The van der Waals surface area contributed by atoms with E-state index in [0.717, 1.165) is 22.0 Å². The van der Waals surface area contributed by atoms with Crippen LogP contribution in [0.25, 0.3) is 0 Å². The molecule has 0 bridgehead atoms. The Kier molecular flexibility index (Phi) is 5.84. The number of ether oxygens (including phenoxy) is 1.